The van der Waals surface area contributed by atoms with Crippen molar-refractivity contribution in [3.63, 3.8) is 0 Å². The number of ether oxygens (including phenoxy) is 4. The van der Waals surface area contributed by atoms with Gasteiger partial charge >= 0.3 is 17.9 Å². The Labute approximate surface area is 213 Å². The molecule has 1 aliphatic heterocycles. The van der Waals surface area contributed by atoms with E-state index in [2.05, 4.69) is 6.58 Å². The molecule has 1 saturated heterocycles. The van der Waals surface area contributed by atoms with E-state index in [0.717, 1.165) is 0 Å². The molecule has 0 aromatic carbocycles. The van der Waals surface area contributed by atoms with Crippen LogP contribution in [0.25, 0.3) is 0 Å². The molecule has 1 saturated carbocycles. The normalized spacial score (nSPS) is 29.9. The first-order valence-electron chi connectivity index (χ1n) is 12.2. The molecule has 2 aliphatic rings. The van der Waals surface area contributed by atoms with Crippen LogP contribution in [-0.4, -0.2) is 69.8 Å². The summed E-state index contributed by atoms with van der Waals surface area (Å²) in [6, 6.07) is 0. The number of aliphatic hydroxyl groups excluding tert-OH is 1. The molecule has 2 N–H and O–H groups in total. The zero-order valence-corrected chi connectivity index (χ0v) is 22.5. The van der Waals surface area contributed by atoms with Crippen molar-refractivity contribution in [2.75, 3.05) is 0 Å². The maximum absolute atomic E-state index is 12.7. The molecule has 9 nitrogen and oxygen atoms in total. The minimum Gasteiger partial charge on any atom is -0.458 e. The molecule has 0 amide bonds. The zero-order chi connectivity index (χ0) is 27.6. The van der Waals surface area contributed by atoms with Crippen molar-refractivity contribution >= 4 is 17.9 Å². The largest absolute Gasteiger partial charge is 0.458 e. The van der Waals surface area contributed by atoms with Gasteiger partial charge in [-0.15, -0.1) is 0 Å². The second-order valence-corrected chi connectivity index (χ2v) is 10.3. The fraction of sp³-hybridized carbons (Fsp3) is 0.667. The number of esters is 3. The molecule has 7 atom stereocenters. The number of fused-ring (bicyclic) bond motifs is 1. The van der Waals surface area contributed by atoms with Crippen molar-refractivity contribution in [2.24, 2.45) is 5.92 Å². The van der Waals surface area contributed by atoms with Gasteiger partial charge in [0, 0.05) is 30.4 Å². The van der Waals surface area contributed by atoms with Crippen molar-refractivity contribution in [2.45, 2.75) is 110 Å². The van der Waals surface area contributed by atoms with E-state index < -0.39 is 59.4 Å². The molecule has 0 aromatic heterocycles. The molecular weight excluding hydrogens is 468 g/mol. The number of carbonyl (C=O) groups excluding carboxylic acids is 3. The minimum atomic E-state index is -1.47. The van der Waals surface area contributed by atoms with Gasteiger partial charge in [0.2, 0.25) is 0 Å². The highest BCUT2D eigenvalue weighted by molar-refractivity contribution is 5.88. The van der Waals surface area contributed by atoms with E-state index in [-0.39, 0.29) is 12.5 Å². The van der Waals surface area contributed by atoms with E-state index in [9.17, 15) is 24.6 Å². The van der Waals surface area contributed by atoms with Crippen LogP contribution in [0, 0.1) is 5.92 Å². The Hall–Kier alpha value is -2.49. The predicted molar refractivity (Wildman–Crippen MR) is 132 cm³/mol. The summed E-state index contributed by atoms with van der Waals surface area (Å²) in [5.41, 5.74) is -1.20. The van der Waals surface area contributed by atoms with E-state index in [1.54, 1.807) is 46.8 Å². The van der Waals surface area contributed by atoms with Gasteiger partial charge in [-0.3, -0.25) is 4.79 Å². The number of hydrogen-bond donors (Lipinski definition) is 2. The molecule has 1 aliphatic carbocycles. The van der Waals surface area contributed by atoms with Gasteiger partial charge in [-0.05, 0) is 60.5 Å². The number of aliphatic hydroxyl groups is 2. The van der Waals surface area contributed by atoms with Gasteiger partial charge < -0.3 is 29.2 Å². The lowest BCUT2D eigenvalue weighted by Crippen LogP contribution is -2.54. The first-order valence-corrected chi connectivity index (χ1v) is 12.2. The lowest BCUT2D eigenvalue weighted by molar-refractivity contribution is -0.176. The summed E-state index contributed by atoms with van der Waals surface area (Å²) < 4.78 is 23.1. The van der Waals surface area contributed by atoms with E-state index in [4.69, 9.17) is 18.9 Å². The molecule has 0 radical (unpaired) electrons. The summed E-state index contributed by atoms with van der Waals surface area (Å²) in [7, 11) is 0. The molecule has 0 bridgehead atoms. The SMILES string of the molecule is C=C([C@H](C[C@H](O)C(C)(C)O)OC(=O)/C(C)=C\C)[C@H]1C[C@H]2O[C@@]2(C)[C@@H](OC(=O)/C(C)=C\C)[C@H]1OC(C)=O. The third kappa shape index (κ3) is 6.63. The highest BCUT2D eigenvalue weighted by Crippen LogP contribution is 2.53. The Kier molecular flexibility index (Phi) is 9.31. The van der Waals surface area contributed by atoms with Crippen molar-refractivity contribution in [1.82, 2.24) is 0 Å². The van der Waals surface area contributed by atoms with Crippen molar-refractivity contribution < 1.29 is 43.5 Å². The Morgan fingerprint density at radius 2 is 1.67 bits per heavy atom. The van der Waals surface area contributed by atoms with Crippen LogP contribution < -0.4 is 0 Å². The standard InChI is InChI=1S/C27H40O9/c1-10-14(3)24(30)34-19(13-20(29)26(7,8)32)16(5)18-12-21-27(9,36-21)23(22(18)33-17(6)28)35-25(31)15(4)11-2/h10-11,18-23,29,32H,5,12-13H2,1-4,6-9H3/b14-10-,15-11-/t18-,19+,20+,21-,22+,23+,27-/m1/s1. The highest BCUT2D eigenvalue weighted by atomic mass is 16.7. The van der Waals surface area contributed by atoms with Crippen LogP contribution in [0.4, 0.5) is 0 Å². The third-order valence-corrected chi connectivity index (χ3v) is 7.14. The third-order valence-electron chi connectivity index (χ3n) is 7.14. The number of epoxide rings is 1. The molecule has 202 valence electrons. The Bertz CT molecular complexity index is 941. The molecule has 9 heteroatoms. The van der Waals surface area contributed by atoms with Gasteiger partial charge in [-0.25, -0.2) is 9.59 Å². The van der Waals surface area contributed by atoms with Gasteiger partial charge in [0.1, 0.15) is 17.8 Å². The van der Waals surface area contributed by atoms with E-state index in [0.29, 0.717) is 23.1 Å². The molecule has 2 fully saturated rings. The van der Waals surface area contributed by atoms with Crippen LogP contribution in [0.3, 0.4) is 0 Å². The first-order chi connectivity index (χ1) is 16.6. The number of rotatable bonds is 10. The Balaban J connectivity index is 2.45. The summed E-state index contributed by atoms with van der Waals surface area (Å²) in [4.78, 5) is 37.4. The van der Waals surface area contributed by atoms with Crippen molar-refractivity contribution in [1.29, 1.82) is 0 Å². The molecule has 1 heterocycles. The second kappa shape index (κ2) is 11.3. The number of allylic oxidation sites excluding steroid dienone is 2. The average molecular weight is 509 g/mol. The maximum Gasteiger partial charge on any atom is 0.333 e. The molecule has 0 spiro atoms. The van der Waals surface area contributed by atoms with Crippen LogP contribution in [0.5, 0.6) is 0 Å². The molecule has 2 rings (SSSR count). The molecule has 0 unspecified atom stereocenters. The van der Waals surface area contributed by atoms with Gasteiger partial charge in [0.15, 0.2) is 6.10 Å². The van der Waals surface area contributed by atoms with Crippen molar-refractivity contribution in [3.8, 4) is 0 Å². The molecule has 0 aromatic rings. The number of carbonyl (C=O) groups is 3. The summed E-state index contributed by atoms with van der Waals surface area (Å²) in [5.74, 6) is -2.37. The van der Waals surface area contributed by atoms with E-state index in [1.165, 1.54) is 20.8 Å². The summed E-state index contributed by atoms with van der Waals surface area (Å²) in [6.07, 6.45) is -1.02. The van der Waals surface area contributed by atoms with Gasteiger partial charge in [0.25, 0.3) is 0 Å². The van der Waals surface area contributed by atoms with Crippen LogP contribution in [-0.2, 0) is 33.3 Å². The fourth-order valence-electron chi connectivity index (χ4n) is 4.26. The molecule has 36 heavy (non-hydrogen) atoms. The van der Waals surface area contributed by atoms with E-state index in [1.807, 2.05) is 0 Å². The predicted octanol–water partition coefficient (Wildman–Crippen LogP) is 2.93. The lowest BCUT2D eigenvalue weighted by Gasteiger charge is -2.40. The fourth-order valence-corrected chi connectivity index (χ4v) is 4.26. The van der Waals surface area contributed by atoms with Crippen LogP contribution in [0.2, 0.25) is 0 Å². The zero-order valence-electron chi connectivity index (χ0n) is 22.5. The summed E-state index contributed by atoms with van der Waals surface area (Å²) in [5, 5.41) is 20.9. The Morgan fingerprint density at radius 3 is 2.17 bits per heavy atom. The first kappa shape index (κ1) is 29.7. The Morgan fingerprint density at radius 1 is 1.11 bits per heavy atom. The quantitative estimate of drug-likeness (QED) is 0.150. The highest BCUT2D eigenvalue weighted by Gasteiger charge is 2.68. The smallest absolute Gasteiger partial charge is 0.333 e. The average Bonchev–Trinajstić information content (AvgIpc) is 3.47. The lowest BCUT2D eigenvalue weighted by atomic mass is 9.73. The summed E-state index contributed by atoms with van der Waals surface area (Å²) >= 11 is 0. The number of hydrogen-bond acceptors (Lipinski definition) is 9. The van der Waals surface area contributed by atoms with Crippen molar-refractivity contribution in [3.05, 3.63) is 35.5 Å². The van der Waals surface area contributed by atoms with Crippen LogP contribution in [0.1, 0.15) is 68.2 Å². The van der Waals surface area contributed by atoms with Gasteiger partial charge in [-0.1, -0.05) is 18.7 Å². The molecular formula is C27H40O9. The van der Waals surface area contributed by atoms with Gasteiger partial charge in [0.05, 0.1) is 17.8 Å². The van der Waals surface area contributed by atoms with Crippen LogP contribution >= 0.6 is 0 Å². The minimum absolute atomic E-state index is 0.140. The van der Waals surface area contributed by atoms with Gasteiger partial charge in [-0.2, -0.15) is 0 Å². The monoisotopic (exact) mass is 508 g/mol. The second-order valence-electron chi connectivity index (χ2n) is 10.3. The summed E-state index contributed by atoms with van der Waals surface area (Å²) in [6.45, 7) is 16.7. The van der Waals surface area contributed by atoms with E-state index >= 15 is 0 Å². The maximum atomic E-state index is 12.7. The topological polar surface area (TPSA) is 132 Å². The van der Waals surface area contributed by atoms with Crippen LogP contribution in [0.15, 0.2) is 35.5 Å².